The van der Waals surface area contributed by atoms with Crippen LogP contribution < -0.4 is 16.6 Å². The summed E-state index contributed by atoms with van der Waals surface area (Å²) < 4.78 is 65.5. The standard InChI is InChI=1S/C27H38F3N5O4S/c1-17-15-21(24(36)34-31)16-18(2)22(17)8-14-40(38,39)35-12-10-26(11-13-35)25(37)32-23(33-26)20-5-3-19(4-6-20)7-9-27(28,29)30/h15-16,19-20H,3-14,31H2,1-2H3,(H,34,36)(H,32,33,37). The number of hydrazine groups is 1. The highest BCUT2D eigenvalue weighted by atomic mass is 32.2. The van der Waals surface area contributed by atoms with Crippen LogP contribution in [0.5, 0.6) is 0 Å². The number of rotatable bonds is 8. The maximum absolute atomic E-state index is 13.2. The van der Waals surface area contributed by atoms with E-state index in [1.54, 1.807) is 12.1 Å². The zero-order valence-corrected chi connectivity index (χ0v) is 23.8. The van der Waals surface area contributed by atoms with E-state index in [-0.39, 0.29) is 55.8 Å². The van der Waals surface area contributed by atoms with Gasteiger partial charge >= 0.3 is 6.18 Å². The van der Waals surface area contributed by atoms with Crippen molar-refractivity contribution in [1.82, 2.24) is 15.0 Å². The molecule has 1 aromatic rings. The predicted molar refractivity (Wildman–Crippen MR) is 145 cm³/mol. The predicted octanol–water partition coefficient (Wildman–Crippen LogP) is 3.29. The molecule has 1 saturated carbocycles. The molecule has 4 N–H and O–H groups in total. The molecule has 1 saturated heterocycles. The summed E-state index contributed by atoms with van der Waals surface area (Å²) in [5.74, 6) is 5.15. The minimum absolute atomic E-state index is 0.0148. The number of aryl methyl sites for hydroxylation is 2. The summed E-state index contributed by atoms with van der Waals surface area (Å²) in [6, 6.07) is 3.37. The summed E-state index contributed by atoms with van der Waals surface area (Å²) in [6.45, 7) is 4.03. The Morgan fingerprint density at radius 1 is 1.15 bits per heavy atom. The third kappa shape index (κ3) is 6.85. The topological polar surface area (TPSA) is 134 Å². The van der Waals surface area contributed by atoms with Gasteiger partial charge in [-0.1, -0.05) is 0 Å². The highest BCUT2D eigenvalue weighted by Crippen LogP contribution is 2.38. The van der Waals surface area contributed by atoms with Crippen molar-refractivity contribution in [3.63, 3.8) is 0 Å². The van der Waals surface area contributed by atoms with Gasteiger partial charge < -0.3 is 5.32 Å². The normalized spacial score (nSPS) is 23.6. The number of hydrogen-bond acceptors (Lipinski definition) is 6. The molecule has 4 rings (SSSR count). The lowest BCUT2D eigenvalue weighted by molar-refractivity contribution is -0.138. The van der Waals surface area contributed by atoms with Crippen LogP contribution in [0.15, 0.2) is 17.1 Å². The van der Waals surface area contributed by atoms with Gasteiger partial charge in [0.15, 0.2) is 0 Å². The van der Waals surface area contributed by atoms with E-state index in [4.69, 9.17) is 10.8 Å². The first kappa shape index (κ1) is 30.4. The highest BCUT2D eigenvalue weighted by molar-refractivity contribution is 7.89. The molecule has 2 fully saturated rings. The molecule has 40 heavy (non-hydrogen) atoms. The SMILES string of the molecule is Cc1cc(C(=O)NN)cc(C)c1CCS(=O)(=O)N1CCC2(CC1)N=C(C1CCC(CCC(F)(F)F)CC1)NC2=O. The van der Waals surface area contributed by atoms with Gasteiger partial charge in [0.2, 0.25) is 10.0 Å². The number of alkyl halides is 3. The van der Waals surface area contributed by atoms with Crippen molar-refractivity contribution in [2.45, 2.75) is 83.4 Å². The Kier molecular flexibility index (Phi) is 8.96. The lowest BCUT2D eigenvalue weighted by Crippen LogP contribution is -2.51. The fourth-order valence-corrected chi connectivity index (χ4v) is 7.72. The number of amides is 2. The van der Waals surface area contributed by atoms with Gasteiger partial charge in [-0.2, -0.15) is 13.2 Å². The second-order valence-corrected chi connectivity index (χ2v) is 13.5. The van der Waals surface area contributed by atoms with E-state index in [1.807, 2.05) is 13.8 Å². The van der Waals surface area contributed by atoms with Crippen LogP contribution in [0.2, 0.25) is 0 Å². The lowest BCUT2D eigenvalue weighted by atomic mass is 9.79. The van der Waals surface area contributed by atoms with Gasteiger partial charge in [0.1, 0.15) is 11.4 Å². The summed E-state index contributed by atoms with van der Waals surface area (Å²) in [5, 5.41) is 2.91. The molecule has 0 unspecified atom stereocenters. The van der Waals surface area contributed by atoms with E-state index in [2.05, 4.69) is 10.7 Å². The molecule has 9 nitrogen and oxygen atoms in total. The Bertz CT molecular complexity index is 1240. The van der Waals surface area contributed by atoms with E-state index in [0.29, 0.717) is 43.5 Å². The first-order chi connectivity index (χ1) is 18.7. The van der Waals surface area contributed by atoms with E-state index < -0.39 is 34.1 Å². The molecule has 1 spiro atoms. The van der Waals surface area contributed by atoms with Gasteiger partial charge in [0.25, 0.3) is 11.8 Å². The third-order valence-corrected chi connectivity index (χ3v) is 10.6. The number of nitrogens with zero attached hydrogens (tertiary/aromatic N) is 2. The van der Waals surface area contributed by atoms with E-state index in [0.717, 1.165) is 16.7 Å². The number of nitrogens with one attached hydrogen (secondary N) is 2. The molecule has 0 bridgehead atoms. The second kappa shape index (κ2) is 11.8. The van der Waals surface area contributed by atoms with Gasteiger partial charge in [-0.05, 0) is 100.0 Å². The van der Waals surface area contributed by atoms with Crippen molar-refractivity contribution >= 4 is 27.7 Å². The van der Waals surface area contributed by atoms with Crippen molar-refractivity contribution in [3.05, 3.63) is 34.4 Å². The molecule has 2 aliphatic heterocycles. The number of hydrogen-bond donors (Lipinski definition) is 3. The molecule has 0 atom stereocenters. The summed E-state index contributed by atoms with van der Waals surface area (Å²) in [6.07, 6.45) is -1.17. The summed E-state index contributed by atoms with van der Waals surface area (Å²) in [4.78, 5) is 29.6. The van der Waals surface area contributed by atoms with Crippen LogP contribution in [-0.2, 0) is 21.2 Å². The molecule has 3 aliphatic rings. The fourth-order valence-electron chi connectivity index (χ4n) is 6.26. The highest BCUT2D eigenvalue weighted by Gasteiger charge is 2.48. The van der Waals surface area contributed by atoms with Gasteiger partial charge in [-0.3, -0.25) is 20.0 Å². The Balaban J connectivity index is 1.32. The molecular weight excluding hydrogens is 547 g/mol. The summed E-state index contributed by atoms with van der Waals surface area (Å²) in [5.41, 5.74) is 4.01. The maximum Gasteiger partial charge on any atom is 0.389 e. The number of benzene rings is 1. The largest absolute Gasteiger partial charge is 0.389 e. The first-order valence-corrected chi connectivity index (χ1v) is 15.4. The van der Waals surface area contributed by atoms with Crippen molar-refractivity contribution in [2.75, 3.05) is 18.8 Å². The van der Waals surface area contributed by atoms with Gasteiger partial charge in [-0.25, -0.2) is 18.6 Å². The zero-order chi connectivity index (χ0) is 29.3. The smallest absolute Gasteiger partial charge is 0.312 e. The maximum atomic E-state index is 13.2. The van der Waals surface area contributed by atoms with E-state index >= 15 is 0 Å². The number of nitrogens with two attached hydrogens (primary N) is 1. The fraction of sp³-hybridized carbons (Fsp3) is 0.667. The Morgan fingerprint density at radius 3 is 2.30 bits per heavy atom. The Morgan fingerprint density at radius 2 is 1.75 bits per heavy atom. The number of aliphatic imine (C=N–C) groups is 1. The van der Waals surface area contributed by atoms with Gasteiger partial charge in [0, 0.05) is 31.0 Å². The van der Waals surface area contributed by atoms with Crippen LogP contribution in [0, 0.1) is 25.7 Å². The van der Waals surface area contributed by atoms with Crippen LogP contribution in [0.3, 0.4) is 0 Å². The third-order valence-electron chi connectivity index (χ3n) is 8.71. The molecule has 2 heterocycles. The molecule has 13 heteroatoms. The lowest BCUT2D eigenvalue weighted by Gasteiger charge is -2.34. The Hall–Kier alpha value is -2.51. The quantitative estimate of drug-likeness (QED) is 0.245. The first-order valence-electron chi connectivity index (χ1n) is 13.8. The number of carbonyl (C=O) groups is 2. The number of nitrogen functional groups attached to an aromatic ring is 1. The van der Waals surface area contributed by atoms with E-state index in [1.165, 1.54) is 4.31 Å². The summed E-state index contributed by atoms with van der Waals surface area (Å²) in [7, 11) is -3.59. The van der Waals surface area contributed by atoms with Crippen molar-refractivity contribution in [1.29, 1.82) is 0 Å². The van der Waals surface area contributed by atoms with Crippen LogP contribution >= 0.6 is 0 Å². The average molecular weight is 586 g/mol. The molecular formula is C27H38F3N5O4S. The van der Waals surface area contributed by atoms with Crippen LogP contribution in [0.1, 0.15) is 78.4 Å². The number of carbonyl (C=O) groups excluding carboxylic acids is 2. The van der Waals surface area contributed by atoms with Crippen LogP contribution in [-0.4, -0.2) is 60.9 Å². The number of sulfonamides is 1. The summed E-state index contributed by atoms with van der Waals surface area (Å²) >= 11 is 0. The molecule has 1 aliphatic carbocycles. The molecule has 0 radical (unpaired) electrons. The molecule has 2 amide bonds. The number of amidine groups is 1. The number of piperidine rings is 1. The zero-order valence-electron chi connectivity index (χ0n) is 22.9. The van der Waals surface area contributed by atoms with Crippen LogP contribution in [0.25, 0.3) is 0 Å². The van der Waals surface area contributed by atoms with Gasteiger partial charge in [-0.15, -0.1) is 0 Å². The minimum atomic E-state index is -4.14. The van der Waals surface area contributed by atoms with E-state index in [9.17, 15) is 31.2 Å². The molecule has 222 valence electrons. The average Bonchev–Trinajstić information content (AvgIpc) is 3.21. The Labute approximate surface area is 233 Å². The number of halogens is 3. The monoisotopic (exact) mass is 585 g/mol. The minimum Gasteiger partial charge on any atom is -0.312 e. The molecule has 0 aromatic heterocycles. The van der Waals surface area contributed by atoms with Crippen molar-refractivity contribution in [3.8, 4) is 0 Å². The molecule has 1 aromatic carbocycles. The van der Waals surface area contributed by atoms with Gasteiger partial charge in [0.05, 0.1) is 5.75 Å². The second-order valence-electron chi connectivity index (χ2n) is 11.4. The van der Waals surface area contributed by atoms with Crippen molar-refractivity contribution < 1.29 is 31.2 Å². The van der Waals surface area contributed by atoms with Crippen molar-refractivity contribution in [2.24, 2.45) is 22.7 Å². The van der Waals surface area contributed by atoms with Crippen LogP contribution in [0.4, 0.5) is 13.2 Å².